The lowest BCUT2D eigenvalue weighted by atomic mass is 9.74. The lowest BCUT2D eigenvalue weighted by Gasteiger charge is -2.55. The van der Waals surface area contributed by atoms with E-state index in [9.17, 15) is 4.79 Å². The van der Waals surface area contributed by atoms with Crippen molar-refractivity contribution in [1.29, 1.82) is 0 Å². The average molecular weight is 427 g/mol. The van der Waals surface area contributed by atoms with Crippen LogP contribution < -0.4 is 0 Å². The van der Waals surface area contributed by atoms with Gasteiger partial charge in [0.25, 0.3) is 5.91 Å². The van der Waals surface area contributed by atoms with Crippen molar-refractivity contribution in [1.82, 2.24) is 9.88 Å². The number of methoxy groups -OCH3 is 2. The molecule has 1 aromatic heterocycles. The van der Waals surface area contributed by atoms with Crippen molar-refractivity contribution in [3.63, 3.8) is 0 Å². The molecule has 2 aromatic rings. The number of amides is 1. The summed E-state index contributed by atoms with van der Waals surface area (Å²) in [6, 6.07) is 12.4. The third-order valence-corrected chi connectivity index (χ3v) is 5.89. The van der Waals surface area contributed by atoms with Gasteiger partial charge in [0.15, 0.2) is 5.60 Å². The van der Waals surface area contributed by atoms with Crippen molar-refractivity contribution in [2.45, 2.75) is 51.7 Å². The third-order valence-electron chi connectivity index (χ3n) is 5.89. The van der Waals surface area contributed by atoms with E-state index in [4.69, 9.17) is 14.2 Å². The van der Waals surface area contributed by atoms with Gasteiger partial charge in [-0.3, -0.25) is 9.78 Å². The molecule has 31 heavy (non-hydrogen) atoms. The van der Waals surface area contributed by atoms with Crippen LogP contribution in [0, 0.1) is 12.8 Å². The maximum Gasteiger partial charge on any atom is 0.259 e. The first-order valence-corrected chi connectivity index (χ1v) is 10.8. The van der Waals surface area contributed by atoms with Crippen LogP contribution in [0.25, 0.3) is 0 Å². The van der Waals surface area contributed by atoms with Gasteiger partial charge in [-0.1, -0.05) is 44.2 Å². The summed E-state index contributed by atoms with van der Waals surface area (Å²) in [4.78, 5) is 19.7. The van der Waals surface area contributed by atoms with Crippen LogP contribution in [0.15, 0.2) is 42.6 Å². The minimum absolute atomic E-state index is 0.0594. The van der Waals surface area contributed by atoms with Gasteiger partial charge in [0.2, 0.25) is 0 Å². The van der Waals surface area contributed by atoms with Crippen molar-refractivity contribution in [2.75, 3.05) is 27.7 Å². The van der Waals surface area contributed by atoms with Gasteiger partial charge in [-0.05, 0) is 48.4 Å². The molecule has 6 heteroatoms. The highest BCUT2D eigenvalue weighted by atomic mass is 16.7. The Labute approximate surface area is 185 Å². The molecule has 0 radical (unpaired) electrons. The molecule has 0 spiro atoms. The number of likely N-dealkylation sites (tertiary alicyclic amines) is 1. The molecule has 1 fully saturated rings. The number of ether oxygens (including phenoxy) is 3. The fraction of sp³-hybridized carbons (Fsp3) is 0.520. The number of carbonyl (C=O) groups is 1. The molecule has 0 N–H and O–H groups in total. The van der Waals surface area contributed by atoms with Gasteiger partial charge in [-0.2, -0.15) is 0 Å². The molecule has 3 rings (SSSR count). The maximum absolute atomic E-state index is 13.3. The predicted octanol–water partition coefficient (Wildman–Crippen LogP) is 3.74. The summed E-state index contributed by atoms with van der Waals surface area (Å²) in [5, 5.41) is 0. The quantitative estimate of drug-likeness (QED) is 0.405. The zero-order chi connectivity index (χ0) is 22.4. The van der Waals surface area contributed by atoms with Gasteiger partial charge in [0.05, 0.1) is 6.04 Å². The molecule has 168 valence electrons. The summed E-state index contributed by atoms with van der Waals surface area (Å²) in [7, 11) is 3.18. The molecule has 0 unspecified atom stereocenters. The number of aryl methyl sites for hydroxylation is 1. The van der Waals surface area contributed by atoms with E-state index >= 15 is 0 Å². The van der Waals surface area contributed by atoms with E-state index < -0.39 is 5.60 Å². The summed E-state index contributed by atoms with van der Waals surface area (Å²) in [5.41, 5.74) is 3.46. The standard InChI is InChI=1S/C25H34N2O4/c1-18(2)11-23-25(31-17-30-5,24(28)27(23)16-29-4)14-22-13-21(19(3)15-26-22)12-20-9-7-6-8-10-20/h6-10,13,15,18,23H,11-12,14,16-17H2,1-5H3/t23-,25+/m0/s1. The summed E-state index contributed by atoms with van der Waals surface area (Å²) < 4.78 is 16.6. The van der Waals surface area contributed by atoms with E-state index in [0.717, 1.165) is 24.1 Å². The van der Waals surface area contributed by atoms with Gasteiger partial charge in [-0.25, -0.2) is 0 Å². The fourth-order valence-corrected chi connectivity index (χ4v) is 4.32. The van der Waals surface area contributed by atoms with E-state index in [2.05, 4.69) is 44.0 Å². The Morgan fingerprint density at radius 2 is 1.90 bits per heavy atom. The highest BCUT2D eigenvalue weighted by Crippen LogP contribution is 2.41. The number of rotatable bonds is 11. The molecule has 2 atom stereocenters. The van der Waals surface area contributed by atoms with Gasteiger partial charge in [0.1, 0.15) is 13.5 Å². The molecule has 1 aromatic carbocycles. The Bertz CT molecular complexity index is 871. The number of carbonyl (C=O) groups excluding carboxylic acids is 1. The Balaban J connectivity index is 1.90. The lowest BCUT2D eigenvalue weighted by Crippen LogP contribution is -2.76. The summed E-state index contributed by atoms with van der Waals surface area (Å²) in [5.74, 6) is 0.339. The first kappa shape index (κ1) is 23.4. The third kappa shape index (κ3) is 5.14. The number of β-lactam (4-membered cyclic amide) rings is 1. The molecular formula is C25H34N2O4. The molecule has 2 heterocycles. The maximum atomic E-state index is 13.3. The van der Waals surface area contributed by atoms with Crippen molar-refractivity contribution in [3.8, 4) is 0 Å². The van der Waals surface area contributed by atoms with Gasteiger partial charge < -0.3 is 19.1 Å². The predicted molar refractivity (Wildman–Crippen MR) is 120 cm³/mol. The van der Waals surface area contributed by atoms with Crippen LogP contribution in [0.3, 0.4) is 0 Å². The molecular weight excluding hydrogens is 392 g/mol. The highest BCUT2D eigenvalue weighted by Gasteiger charge is 2.61. The molecule has 0 aliphatic carbocycles. The smallest absolute Gasteiger partial charge is 0.259 e. The van der Waals surface area contributed by atoms with Crippen LogP contribution >= 0.6 is 0 Å². The van der Waals surface area contributed by atoms with Crippen LogP contribution in [0.4, 0.5) is 0 Å². The summed E-state index contributed by atoms with van der Waals surface area (Å²) in [6.07, 6.45) is 3.95. The van der Waals surface area contributed by atoms with E-state index in [0.29, 0.717) is 12.3 Å². The van der Waals surface area contributed by atoms with E-state index in [1.54, 1.807) is 19.1 Å². The highest BCUT2D eigenvalue weighted by molar-refractivity contribution is 5.93. The van der Waals surface area contributed by atoms with E-state index in [1.165, 1.54) is 11.1 Å². The second-order valence-electron chi connectivity index (χ2n) is 8.72. The Morgan fingerprint density at radius 1 is 1.16 bits per heavy atom. The lowest BCUT2D eigenvalue weighted by molar-refractivity contribution is -0.235. The fourth-order valence-electron chi connectivity index (χ4n) is 4.32. The summed E-state index contributed by atoms with van der Waals surface area (Å²) in [6.45, 7) is 6.69. The second-order valence-corrected chi connectivity index (χ2v) is 8.72. The second kappa shape index (κ2) is 10.4. The zero-order valence-corrected chi connectivity index (χ0v) is 19.3. The molecule has 0 saturated carbocycles. The van der Waals surface area contributed by atoms with Crippen molar-refractivity contribution in [3.05, 3.63) is 65.0 Å². The normalized spacial score (nSPS) is 20.9. The largest absolute Gasteiger partial charge is 0.364 e. The number of benzene rings is 1. The first-order chi connectivity index (χ1) is 14.9. The molecule has 1 amide bonds. The van der Waals surface area contributed by atoms with Crippen LogP contribution in [0.2, 0.25) is 0 Å². The van der Waals surface area contributed by atoms with Gasteiger partial charge >= 0.3 is 0 Å². The van der Waals surface area contributed by atoms with Crippen molar-refractivity contribution in [2.24, 2.45) is 5.92 Å². The number of nitrogens with zero attached hydrogens (tertiary/aromatic N) is 2. The minimum Gasteiger partial charge on any atom is -0.364 e. The van der Waals surface area contributed by atoms with Crippen molar-refractivity contribution >= 4 is 5.91 Å². The molecule has 1 saturated heterocycles. The number of hydrogen-bond acceptors (Lipinski definition) is 5. The first-order valence-electron chi connectivity index (χ1n) is 10.8. The molecule has 1 aliphatic heterocycles. The van der Waals surface area contributed by atoms with Crippen LogP contribution in [0.5, 0.6) is 0 Å². The topological polar surface area (TPSA) is 60.9 Å². The number of aromatic nitrogens is 1. The van der Waals surface area contributed by atoms with E-state index in [-0.39, 0.29) is 25.5 Å². The Morgan fingerprint density at radius 3 is 2.55 bits per heavy atom. The van der Waals surface area contributed by atoms with E-state index in [1.807, 2.05) is 24.4 Å². The monoisotopic (exact) mass is 426 g/mol. The molecule has 1 aliphatic rings. The Kier molecular flexibility index (Phi) is 7.81. The van der Waals surface area contributed by atoms with Crippen molar-refractivity contribution < 1.29 is 19.0 Å². The van der Waals surface area contributed by atoms with Gasteiger partial charge in [0, 0.05) is 32.5 Å². The van der Waals surface area contributed by atoms with Crippen LogP contribution in [-0.2, 0) is 31.8 Å². The average Bonchev–Trinajstić information content (AvgIpc) is 2.76. The summed E-state index contributed by atoms with van der Waals surface area (Å²) >= 11 is 0. The van der Waals surface area contributed by atoms with Gasteiger partial charge in [-0.15, -0.1) is 0 Å². The van der Waals surface area contributed by atoms with Crippen LogP contribution in [-0.4, -0.2) is 55.2 Å². The number of hydrogen-bond donors (Lipinski definition) is 0. The minimum atomic E-state index is -0.981. The molecule has 0 bridgehead atoms. The number of pyridine rings is 1. The zero-order valence-electron chi connectivity index (χ0n) is 19.3. The van der Waals surface area contributed by atoms with Crippen LogP contribution in [0.1, 0.15) is 42.7 Å². The SMILES string of the molecule is COCO[C@@]1(Cc2cc(Cc3ccccc3)c(C)cn2)C(=O)N(COC)[C@H]1CC(C)C. The molecule has 6 nitrogen and oxygen atoms in total. The Hall–Kier alpha value is -2.28.